The van der Waals surface area contributed by atoms with Gasteiger partial charge in [-0.05, 0) is 75.1 Å². The summed E-state index contributed by atoms with van der Waals surface area (Å²) < 4.78 is 9.61. The Morgan fingerprint density at radius 3 is 1.96 bits per heavy atom. The SMILES string of the molecule is c1ccc(-c2cccc(N3c4cc(-c5ccccc5)ccc4B4c5c(cc6c(oc7ccccc76)c53)-c3cccc5c6ccccc6n4c35)c2)cc1. The van der Waals surface area contributed by atoms with Gasteiger partial charge < -0.3 is 13.8 Å². The molecule has 0 spiro atoms. The van der Waals surface area contributed by atoms with E-state index >= 15 is 0 Å². The average Bonchev–Trinajstić information content (AvgIpc) is 3.76. The fourth-order valence-electron chi connectivity index (χ4n) is 9.16. The molecule has 52 heavy (non-hydrogen) atoms. The Kier molecular flexibility index (Phi) is 5.58. The lowest BCUT2D eigenvalue weighted by Gasteiger charge is -2.40. The first kappa shape index (κ1) is 28.0. The van der Waals surface area contributed by atoms with Crippen LogP contribution in [0.4, 0.5) is 17.1 Å². The van der Waals surface area contributed by atoms with Crippen LogP contribution in [0.3, 0.4) is 0 Å². The van der Waals surface area contributed by atoms with Crippen LogP contribution in [0.25, 0.3) is 77.1 Å². The number of benzene rings is 8. The van der Waals surface area contributed by atoms with E-state index in [9.17, 15) is 0 Å². The maximum atomic E-state index is 7.00. The lowest BCUT2D eigenvalue weighted by molar-refractivity contribution is 0.669. The van der Waals surface area contributed by atoms with E-state index in [2.05, 4.69) is 185 Å². The molecule has 8 aromatic carbocycles. The van der Waals surface area contributed by atoms with Gasteiger partial charge in [-0.1, -0.05) is 140 Å². The number of anilines is 3. The second kappa shape index (κ2) is 10.4. The Bertz CT molecular complexity index is 3090. The number of furan rings is 1. The third-order valence-corrected chi connectivity index (χ3v) is 11.3. The molecule has 0 saturated heterocycles. The molecule has 240 valence electrons. The summed E-state index contributed by atoms with van der Waals surface area (Å²) in [5.41, 5.74) is 17.5. The van der Waals surface area contributed by atoms with Crippen LogP contribution in [-0.4, -0.2) is 11.3 Å². The van der Waals surface area contributed by atoms with E-state index in [4.69, 9.17) is 4.42 Å². The molecular formula is C48H29BN2O. The fourth-order valence-corrected chi connectivity index (χ4v) is 9.16. The Balaban J connectivity index is 1.27. The van der Waals surface area contributed by atoms with Crippen LogP contribution in [0, 0.1) is 0 Å². The molecule has 0 atom stereocenters. The Morgan fingerprint density at radius 2 is 1.13 bits per heavy atom. The van der Waals surface area contributed by atoms with Crippen LogP contribution in [0.1, 0.15) is 0 Å². The first-order valence-corrected chi connectivity index (χ1v) is 18.0. The largest absolute Gasteiger partial charge is 0.454 e. The van der Waals surface area contributed by atoms with Gasteiger partial charge in [-0.25, -0.2) is 0 Å². The van der Waals surface area contributed by atoms with Crippen molar-refractivity contribution in [2.75, 3.05) is 4.90 Å². The second-order valence-corrected chi connectivity index (χ2v) is 14.0. The van der Waals surface area contributed by atoms with Gasteiger partial charge in [-0.3, -0.25) is 0 Å². The van der Waals surface area contributed by atoms with Crippen LogP contribution in [0.15, 0.2) is 180 Å². The van der Waals surface area contributed by atoms with E-state index in [-0.39, 0.29) is 6.85 Å². The summed E-state index contributed by atoms with van der Waals surface area (Å²) in [6, 6.07) is 64.1. The monoisotopic (exact) mass is 660 g/mol. The van der Waals surface area contributed by atoms with E-state index in [0.717, 1.165) is 39.0 Å². The summed E-state index contributed by atoms with van der Waals surface area (Å²) in [5, 5.41) is 4.84. The van der Waals surface area contributed by atoms with Crippen molar-refractivity contribution >= 4 is 78.6 Å². The van der Waals surface area contributed by atoms with Crippen molar-refractivity contribution in [1.29, 1.82) is 0 Å². The zero-order chi connectivity index (χ0) is 33.9. The Morgan fingerprint density at radius 1 is 0.462 bits per heavy atom. The molecule has 12 rings (SSSR count). The first-order valence-electron chi connectivity index (χ1n) is 18.0. The number of rotatable bonds is 3. The van der Waals surface area contributed by atoms with Gasteiger partial charge in [0, 0.05) is 49.5 Å². The molecule has 3 nitrogen and oxygen atoms in total. The minimum absolute atomic E-state index is 0.0618. The summed E-state index contributed by atoms with van der Waals surface area (Å²) in [6.45, 7) is -0.0618. The summed E-state index contributed by atoms with van der Waals surface area (Å²) in [4.78, 5) is 2.49. The zero-order valence-electron chi connectivity index (χ0n) is 28.1. The van der Waals surface area contributed by atoms with Crippen molar-refractivity contribution in [3.63, 3.8) is 0 Å². The highest BCUT2D eigenvalue weighted by molar-refractivity contribution is 6.90. The van der Waals surface area contributed by atoms with Crippen LogP contribution >= 0.6 is 0 Å². The average molecular weight is 661 g/mol. The molecular weight excluding hydrogens is 631 g/mol. The lowest BCUT2D eigenvalue weighted by atomic mass is 9.45. The van der Waals surface area contributed by atoms with E-state index in [1.807, 2.05) is 0 Å². The molecule has 0 bridgehead atoms. The molecule has 0 aliphatic carbocycles. The number of hydrogen-bond acceptors (Lipinski definition) is 2. The van der Waals surface area contributed by atoms with E-state index in [0.29, 0.717) is 0 Å². The highest BCUT2D eigenvalue weighted by atomic mass is 16.3. The minimum Gasteiger partial charge on any atom is -0.454 e. The number of nitrogens with zero attached hydrogens (tertiary/aromatic N) is 2. The predicted octanol–water partition coefficient (Wildman–Crippen LogP) is 11.4. The Hall–Kier alpha value is -6.78. The summed E-state index contributed by atoms with van der Waals surface area (Å²) >= 11 is 0. The van der Waals surface area contributed by atoms with Crippen molar-refractivity contribution in [2.24, 2.45) is 0 Å². The smallest absolute Gasteiger partial charge is 0.333 e. The van der Waals surface area contributed by atoms with Gasteiger partial charge in [0.05, 0.1) is 5.69 Å². The Labute approximate surface area is 300 Å². The number of para-hydroxylation sites is 3. The lowest BCUT2D eigenvalue weighted by Crippen LogP contribution is -2.56. The quantitative estimate of drug-likeness (QED) is 0.176. The van der Waals surface area contributed by atoms with Crippen molar-refractivity contribution in [3.05, 3.63) is 176 Å². The van der Waals surface area contributed by atoms with E-state index < -0.39 is 0 Å². The first-order chi connectivity index (χ1) is 25.8. The van der Waals surface area contributed by atoms with Crippen LogP contribution in [-0.2, 0) is 0 Å². The molecule has 2 aliphatic rings. The number of hydrogen-bond donors (Lipinski definition) is 0. The maximum Gasteiger partial charge on any atom is 0.333 e. The van der Waals surface area contributed by atoms with Crippen molar-refractivity contribution in [2.45, 2.75) is 0 Å². The summed E-state index contributed by atoms with van der Waals surface area (Å²) in [6.07, 6.45) is 0. The molecule has 2 aliphatic heterocycles. The van der Waals surface area contributed by atoms with Gasteiger partial charge in [0.15, 0.2) is 5.58 Å². The van der Waals surface area contributed by atoms with Crippen LogP contribution < -0.4 is 15.8 Å². The van der Waals surface area contributed by atoms with Gasteiger partial charge >= 0.3 is 6.85 Å². The van der Waals surface area contributed by atoms with Crippen LogP contribution in [0.5, 0.6) is 0 Å². The number of aromatic nitrogens is 1. The molecule has 10 aromatic rings. The third-order valence-electron chi connectivity index (χ3n) is 11.3. The van der Waals surface area contributed by atoms with Crippen molar-refractivity contribution in [1.82, 2.24) is 4.48 Å². The fraction of sp³-hybridized carbons (Fsp3) is 0. The summed E-state index contributed by atoms with van der Waals surface area (Å²) in [7, 11) is 0. The van der Waals surface area contributed by atoms with Gasteiger partial charge in [0.2, 0.25) is 0 Å². The zero-order valence-corrected chi connectivity index (χ0v) is 28.1. The van der Waals surface area contributed by atoms with Gasteiger partial charge in [-0.15, -0.1) is 0 Å². The highest BCUT2D eigenvalue weighted by Gasteiger charge is 2.44. The molecule has 0 N–H and O–H groups in total. The molecule has 0 saturated carbocycles. The minimum atomic E-state index is -0.0618. The maximum absolute atomic E-state index is 7.00. The summed E-state index contributed by atoms with van der Waals surface area (Å²) in [5.74, 6) is 0. The van der Waals surface area contributed by atoms with Gasteiger partial charge in [-0.2, -0.15) is 0 Å². The third kappa shape index (κ3) is 3.71. The standard InChI is InChI=1S/C48H29BN2O/c1-3-13-30(14-4-1)32-17-11-18-34(27-32)50-43-28-33(31-15-5-2-6-16-31)25-26-41(43)49-45-39(29-40-36-20-8-10-24-44(36)52-48(40)47(45)50)38-22-12-21-37-35-19-7-9-23-42(35)51(49)46(37)38/h1-29H. The highest BCUT2D eigenvalue weighted by Crippen LogP contribution is 2.50. The van der Waals surface area contributed by atoms with Crippen molar-refractivity contribution < 1.29 is 4.42 Å². The molecule has 0 amide bonds. The molecule has 2 aromatic heterocycles. The molecule has 0 fully saturated rings. The molecule has 0 unspecified atom stereocenters. The molecule has 4 heteroatoms. The van der Waals surface area contributed by atoms with E-state index in [1.54, 1.807) is 0 Å². The van der Waals surface area contributed by atoms with Gasteiger partial charge in [0.1, 0.15) is 5.58 Å². The van der Waals surface area contributed by atoms with E-state index in [1.165, 1.54) is 66.1 Å². The predicted molar refractivity (Wildman–Crippen MR) is 218 cm³/mol. The van der Waals surface area contributed by atoms with Gasteiger partial charge in [0.25, 0.3) is 0 Å². The topological polar surface area (TPSA) is 21.3 Å². The van der Waals surface area contributed by atoms with Crippen LogP contribution in [0.2, 0.25) is 0 Å². The molecule has 4 heterocycles. The normalized spacial score (nSPS) is 12.9. The molecule has 0 radical (unpaired) electrons. The second-order valence-electron chi connectivity index (χ2n) is 14.0. The van der Waals surface area contributed by atoms with Crippen molar-refractivity contribution in [3.8, 4) is 33.4 Å². The number of fused-ring (bicyclic) bond motifs is 11.